The summed E-state index contributed by atoms with van der Waals surface area (Å²) in [6.07, 6.45) is 1.09. The Balaban J connectivity index is 1.83. The summed E-state index contributed by atoms with van der Waals surface area (Å²) in [6.45, 7) is 9.27. The van der Waals surface area contributed by atoms with Crippen molar-refractivity contribution < 1.29 is 4.74 Å². The van der Waals surface area contributed by atoms with Gasteiger partial charge in [0.15, 0.2) is 0 Å². The van der Waals surface area contributed by atoms with Crippen LogP contribution in [0, 0.1) is 0 Å². The second-order valence-corrected chi connectivity index (χ2v) is 5.81. The van der Waals surface area contributed by atoms with E-state index >= 15 is 0 Å². The Kier molecular flexibility index (Phi) is 4.67. The second-order valence-electron chi connectivity index (χ2n) is 5.81. The molecule has 2 bridgehead atoms. The number of anilines is 1. The number of ether oxygens (including phenoxy) is 1. The van der Waals surface area contributed by atoms with Gasteiger partial charge in [0.25, 0.3) is 0 Å². The van der Waals surface area contributed by atoms with Crippen LogP contribution in [0.5, 0.6) is 0 Å². The van der Waals surface area contributed by atoms with E-state index in [1.165, 1.54) is 13.1 Å². The van der Waals surface area contributed by atoms with Crippen LogP contribution < -0.4 is 5.32 Å². The van der Waals surface area contributed by atoms with E-state index in [1.807, 2.05) is 6.07 Å². The molecule has 1 unspecified atom stereocenters. The number of piperazine rings is 3. The average Bonchev–Trinajstić information content (AvgIpc) is 2.54. The van der Waals surface area contributed by atoms with E-state index in [0.717, 1.165) is 49.9 Å². The van der Waals surface area contributed by atoms with E-state index in [1.54, 1.807) is 7.11 Å². The molecule has 1 atom stereocenters. The summed E-state index contributed by atoms with van der Waals surface area (Å²) >= 11 is 0. The lowest BCUT2D eigenvalue weighted by Gasteiger charge is -2.46. The zero-order valence-electron chi connectivity index (χ0n) is 13.0. The number of hydrogen-bond acceptors (Lipinski definition) is 6. The van der Waals surface area contributed by atoms with Crippen molar-refractivity contribution >= 4 is 5.82 Å². The largest absolute Gasteiger partial charge is 0.378 e. The van der Waals surface area contributed by atoms with Gasteiger partial charge in [-0.25, -0.2) is 9.97 Å². The van der Waals surface area contributed by atoms with Gasteiger partial charge in [0.2, 0.25) is 0 Å². The fourth-order valence-corrected chi connectivity index (χ4v) is 3.09. The zero-order valence-corrected chi connectivity index (χ0v) is 13.0. The van der Waals surface area contributed by atoms with Crippen molar-refractivity contribution in [2.75, 3.05) is 51.7 Å². The van der Waals surface area contributed by atoms with Crippen LogP contribution >= 0.6 is 0 Å². The van der Waals surface area contributed by atoms with Gasteiger partial charge in [0, 0.05) is 52.4 Å². The molecule has 0 aliphatic carbocycles. The molecule has 0 amide bonds. The van der Waals surface area contributed by atoms with Crippen LogP contribution in [0.2, 0.25) is 0 Å². The zero-order chi connectivity index (χ0) is 14.7. The summed E-state index contributed by atoms with van der Waals surface area (Å²) in [5.74, 6) is 1.86. The van der Waals surface area contributed by atoms with E-state index in [4.69, 9.17) is 14.7 Å². The van der Waals surface area contributed by atoms with Crippen molar-refractivity contribution in [2.45, 2.75) is 26.0 Å². The molecule has 6 nitrogen and oxygen atoms in total. The van der Waals surface area contributed by atoms with Crippen LogP contribution in [0.15, 0.2) is 6.07 Å². The Hall–Kier alpha value is -1.24. The molecule has 0 spiro atoms. The molecule has 1 aromatic heterocycles. The minimum Gasteiger partial charge on any atom is -0.378 e. The molecule has 0 radical (unpaired) electrons. The highest BCUT2D eigenvalue weighted by Gasteiger charge is 2.34. The molecule has 3 saturated heterocycles. The van der Waals surface area contributed by atoms with E-state index in [9.17, 15) is 0 Å². The number of hydrogen-bond donors (Lipinski definition) is 1. The number of fused-ring (bicyclic) bond motifs is 3. The third kappa shape index (κ3) is 3.33. The van der Waals surface area contributed by atoms with Crippen LogP contribution in [0.25, 0.3) is 0 Å². The predicted molar refractivity (Wildman–Crippen MR) is 82.3 cm³/mol. The van der Waals surface area contributed by atoms with E-state index < -0.39 is 0 Å². The highest BCUT2D eigenvalue weighted by molar-refractivity contribution is 5.36. The van der Waals surface area contributed by atoms with Crippen molar-refractivity contribution in [1.29, 1.82) is 0 Å². The summed E-state index contributed by atoms with van der Waals surface area (Å²) < 4.78 is 5.25. The summed E-state index contributed by atoms with van der Waals surface area (Å²) in [4.78, 5) is 14.5. The number of nitrogens with one attached hydrogen (secondary N) is 1. The molecule has 0 saturated carbocycles. The van der Waals surface area contributed by atoms with Gasteiger partial charge in [-0.3, -0.25) is 9.80 Å². The lowest BCUT2D eigenvalue weighted by molar-refractivity contribution is 0.00848. The van der Waals surface area contributed by atoms with Crippen LogP contribution in [0.4, 0.5) is 5.82 Å². The maximum atomic E-state index is 5.25. The Labute approximate surface area is 126 Å². The number of aromatic nitrogens is 2. The van der Waals surface area contributed by atoms with Gasteiger partial charge in [-0.05, 0) is 6.42 Å². The normalized spacial score (nSPS) is 27.8. The first-order valence-electron chi connectivity index (χ1n) is 7.87. The minimum absolute atomic E-state index is 0.325. The van der Waals surface area contributed by atoms with Gasteiger partial charge in [0.1, 0.15) is 11.6 Å². The second kappa shape index (κ2) is 6.68. The summed E-state index contributed by atoms with van der Waals surface area (Å²) in [7, 11) is 1.71. The van der Waals surface area contributed by atoms with E-state index in [2.05, 4.69) is 22.0 Å². The molecule has 4 heterocycles. The third-order valence-corrected chi connectivity index (χ3v) is 4.22. The number of rotatable bonds is 6. The monoisotopic (exact) mass is 291 g/mol. The van der Waals surface area contributed by atoms with Crippen LogP contribution in [0.3, 0.4) is 0 Å². The molecular weight excluding hydrogens is 266 g/mol. The first-order valence-corrected chi connectivity index (χ1v) is 7.87. The average molecular weight is 291 g/mol. The molecule has 21 heavy (non-hydrogen) atoms. The summed E-state index contributed by atoms with van der Waals surface area (Å²) in [5.41, 5.74) is 0.957. The highest BCUT2D eigenvalue weighted by atomic mass is 16.5. The Morgan fingerprint density at radius 1 is 1.29 bits per heavy atom. The Bertz CT molecular complexity index is 473. The van der Waals surface area contributed by atoms with Crippen molar-refractivity contribution in [2.24, 2.45) is 0 Å². The van der Waals surface area contributed by atoms with Crippen molar-refractivity contribution in [3.63, 3.8) is 0 Å². The Morgan fingerprint density at radius 2 is 2.10 bits per heavy atom. The molecule has 6 heteroatoms. The molecule has 0 aromatic carbocycles. The van der Waals surface area contributed by atoms with Gasteiger partial charge >= 0.3 is 0 Å². The van der Waals surface area contributed by atoms with Gasteiger partial charge < -0.3 is 10.1 Å². The quantitative estimate of drug-likeness (QED) is 0.847. The fraction of sp³-hybridized carbons (Fsp3) is 0.733. The lowest BCUT2D eigenvalue weighted by atomic mass is 10.1. The van der Waals surface area contributed by atoms with Crippen LogP contribution in [0.1, 0.15) is 30.9 Å². The maximum absolute atomic E-state index is 5.25. The molecule has 3 fully saturated rings. The highest BCUT2D eigenvalue weighted by Crippen LogP contribution is 2.27. The molecule has 1 aromatic rings. The van der Waals surface area contributed by atoms with E-state index in [-0.39, 0.29) is 0 Å². The molecule has 116 valence electrons. The molecule has 3 aliphatic heterocycles. The van der Waals surface area contributed by atoms with Gasteiger partial charge in [0.05, 0.1) is 18.3 Å². The number of methoxy groups -OCH3 is 1. The first kappa shape index (κ1) is 14.7. The summed E-state index contributed by atoms with van der Waals surface area (Å²) in [6, 6.07) is 2.32. The Morgan fingerprint density at radius 3 is 2.71 bits per heavy atom. The molecule has 1 N–H and O–H groups in total. The van der Waals surface area contributed by atoms with Crippen molar-refractivity contribution in [1.82, 2.24) is 19.8 Å². The van der Waals surface area contributed by atoms with Crippen LogP contribution in [-0.4, -0.2) is 66.1 Å². The number of nitrogens with zero attached hydrogens (tertiary/aromatic N) is 4. The summed E-state index contributed by atoms with van der Waals surface area (Å²) in [5, 5.41) is 3.38. The molecule has 3 aliphatic rings. The smallest absolute Gasteiger partial charge is 0.149 e. The topological polar surface area (TPSA) is 53.5 Å². The standard InChI is InChI=1S/C15H25N5O/c1-3-4-16-14-9-12(11-21-2)17-15(18-14)13-10-19-5-7-20(13)8-6-19/h9,13H,3-8,10-11H2,1-2H3,(H,16,17,18). The van der Waals surface area contributed by atoms with E-state index in [0.29, 0.717) is 12.6 Å². The van der Waals surface area contributed by atoms with Crippen LogP contribution in [-0.2, 0) is 11.3 Å². The SMILES string of the molecule is CCCNc1cc(COC)nc(C2CN3CCN2CC3)n1. The third-order valence-electron chi connectivity index (χ3n) is 4.22. The van der Waals surface area contributed by atoms with Crippen molar-refractivity contribution in [3.8, 4) is 0 Å². The van der Waals surface area contributed by atoms with Gasteiger partial charge in [-0.1, -0.05) is 6.92 Å². The maximum Gasteiger partial charge on any atom is 0.149 e. The molecular formula is C15H25N5O. The lowest BCUT2D eigenvalue weighted by Crippen LogP contribution is -2.57. The minimum atomic E-state index is 0.325. The van der Waals surface area contributed by atoms with Gasteiger partial charge in [-0.15, -0.1) is 0 Å². The molecule has 4 rings (SSSR count). The fourth-order valence-electron chi connectivity index (χ4n) is 3.09. The first-order chi connectivity index (χ1) is 10.3. The van der Waals surface area contributed by atoms with Gasteiger partial charge in [-0.2, -0.15) is 0 Å². The predicted octanol–water partition coefficient (Wildman–Crippen LogP) is 1.12. The van der Waals surface area contributed by atoms with Crippen molar-refractivity contribution in [3.05, 3.63) is 17.6 Å².